The van der Waals surface area contributed by atoms with Gasteiger partial charge in [-0.15, -0.1) is 0 Å². The highest BCUT2D eigenvalue weighted by Gasteiger charge is 2.25. The summed E-state index contributed by atoms with van der Waals surface area (Å²) in [5.41, 5.74) is 0.252. The van der Waals surface area contributed by atoms with E-state index in [1.165, 1.54) is 0 Å². The maximum Gasteiger partial charge on any atom is 0.133 e. The average Bonchev–Trinajstić information content (AvgIpc) is 2.29. The maximum absolute atomic E-state index is 10.3. The van der Waals surface area contributed by atoms with Gasteiger partial charge in [-0.2, -0.15) is 0 Å². The van der Waals surface area contributed by atoms with Gasteiger partial charge in [-0.05, 0) is 40.0 Å². The molecule has 1 rings (SSSR count). The van der Waals surface area contributed by atoms with E-state index in [2.05, 4.69) is 15.9 Å². The summed E-state index contributed by atoms with van der Waals surface area (Å²) in [7, 11) is 3.23. The zero-order valence-corrected chi connectivity index (χ0v) is 12.1. The van der Waals surface area contributed by atoms with Crippen LogP contribution < -0.4 is 4.74 Å². The van der Waals surface area contributed by atoms with Crippen molar-refractivity contribution in [2.75, 3.05) is 20.8 Å². The third kappa shape index (κ3) is 3.98. The van der Waals surface area contributed by atoms with Crippen molar-refractivity contribution in [2.45, 2.75) is 25.4 Å². The van der Waals surface area contributed by atoms with Crippen molar-refractivity contribution >= 4 is 15.9 Å². The summed E-state index contributed by atoms with van der Waals surface area (Å²) in [5, 5.41) is 10.3. The lowest BCUT2D eigenvalue weighted by Crippen LogP contribution is -2.35. The van der Waals surface area contributed by atoms with Crippen LogP contribution >= 0.6 is 15.9 Å². The summed E-state index contributed by atoms with van der Waals surface area (Å²) in [5.74, 6) is 0.792. The molecule has 0 fully saturated rings. The normalized spacial score (nSPS) is 14.4. The minimum Gasteiger partial charge on any atom is -0.496 e. The monoisotopic (exact) mass is 302 g/mol. The van der Waals surface area contributed by atoms with Crippen LogP contribution in [-0.2, 0) is 11.2 Å². The summed E-state index contributed by atoms with van der Waals surface area (Å²) in [6.45, 7) is 2.30. The van der Waals surface area contributed by atoms with E-state index in [4.69, 9.17) is 9.47 Å². The zero-order valence-electron chi connectivity index (χ0n) is 10.5. The number of hydrogen-bond donors (Lipinski definition) is 1. The number of benzene rings is 1. The van der Waals surface area contributed by atoms with Gasteiger partial charge in [0.15, 0.2) is 0 Å². The summed E-state index contributed by atoms with van der Waals surface area (Å²) in [6, 6.07) is 5.82. The summed E-state index contributed by atoms with van der Waals surface area (Å²) in [6.07, 6.45) is 1.23. The van der Waals surface area contributed by atoms with Crippen molar-refractivity contribution in [1.29, 1.82) is 0 Å². The van der Waals surface area contributed by atoms with Gasteiger partial charge < -0.3 is 14.6 Å². The van der Waals surface area contributed by atoms with Crippen LogP contribution in [-0.4, -0.2) is 31.5 Å². The van der Waals surface area contributed by atoms with Crippen molar-refractivity contribution in [2.24, 2.45) is 0 Å². The van der Waals surface area contributed by atoms with Crippen LogP contribution in [0.1, 0.15) is 18.9 Å². The quantitative estimate of drug-likeness (QED) is 0.878. The van der Waals surface area contributed by atoms with Crippen molar-refractivity contribution in [1.82, 2.24) is 0 Å². The Morgan fingerprint density at radius 3 is 2.53 bits per heavy atom. The molecule has 17 heavy (non-hydrogen) atoms. The SMILES string of the molecule is CCC(O)(COC)Cc1ccc(OC)c(Br)c1. The first-order valence-electron chi connectivity index (χ1n) is 5.58. The fraction of sp³-hybridized carbons (Fsp3) is 0.538. The van der Waals surface area contributed by atoms with E-state index in [9.17, 15) is 5.11 Å². The Bertz CT molecular complexity index is 368. The smallest absolute Gasteiger partial charge is 0.133 e. The lowest BCUT2D eigenvalue weighted by molar-refractivity contribution is -0.0333. The molecule has 0 aromatic heterocycles. The van der Waals surface area contributed by atoms with Crippen molar-refractivity contribution in [3.8, 4) is 5.75 Å². The minimum atomic E-state index is -0.803. The van der Waals surface area contributed by atoms with E-state index < -0.39 is 5.60 Å². The first-order chi connectivity index (χ1) is 8.04. The summed E-state index contributed by atoms with van der Waals surface area (Å²) >= 11 is 3.44. The first kappa shape index (κ1) is 14.5. The predicted octanol–water partition coefficient (Wildman–Crippen LogP) is 2.79. The second kappa shape index (κ2) is 6.38. The van der Waals surface area contributed by atoms with Crippen LogP contribution in [0.25, 0.3) is 0 Å². The summed E-state index contributed by atoms with van der Waals surface area (Å²) in [4.78, 5) is 0. The van der Waals surface area contributed by atoms with E-state index in [-0.39, 0.29) is 0 Å². The highest BCUT2D eigenvalue weighted by atomic mass is 79.9. The Balaban J connectivity index is 2.83. The van der Waals surface area contributed by atoms with Gasteiger partial charge in [0.25, 0.3) is 0 Å². The third-order valence-electron chi connectivity index (χ3n) is 2.82. The Kier molecular flexibility index (Phi) is 5.43. The molecule has 0 aliphatic carbocycles. The molecule has 0 saturated carbocycles. The van der Waals surface area contributed by atoms with E-state index in [1.807, 2.05) is 25.1 Å². The van der Waals surface area contributed by atoms with Crippen molar-refractivity contribution in [3.05, 3.63) is 28.2 Å². The molecule has 1 N–H and O–H groups in total. The molecule has 0 radical (unpaired) electrons. The topological polar surface area (TPSA) is 38.7 Å². The van der Waals surface area contributed by atoms with Gasteiger partial charge in [0.1, 0.15) is 5.75 Å². The number of aliphatic hydroxyl groups is 1. The fourth-order valence-corrected chi connectivity index (χ4v) is 2.33. The van der Waals surface area contributed by atoms with Gasteiger partial charge in [-0.1, -0.05) is 13.0 Å². The molecule has 4 heteroatoms. The van der Waals surface area contributed by atoms with Gasteiger partial charge in [-0.25, -0.2) is 0 Å². The van der Waals surface area contributed by atoms with Gasteiger partial charge in [0.2, 0.25) is 0 Å². The number of halogens is 1. The van der Waals surface area contributed by atoms with E-state index in [1.54, 1.807) is 14.2 Å². The van der Waals surface area contributed by atoms with Gasteiger partial charge in [-0.3, -0.25) is 0 Å². The molecule has 96 valence electrons. The van der Waals surface area contributed by atoms with Crippen molar-refractivity contribution in [3.63, 3.8) is 0 Å². The molecular weight excluding hydrogens is 284 g/mol. The highest BCUT2D eigenvalue weighted by molar-refractivity contribution is 9.10. The number of methoxy groups -OCH3 is 2. The van der Waals surface area contributed by atoms with Crippen molar-refractivity contribution < 1.29 is 14.6 Å². The van der Waals surface area contributed by atoms with Gasteiger partial charge in [0.05, 0.1) is 23.8 Å². The Hall–Kier alpha value is -0.580. The van der Waals surface area contributed by atoms with Crippen LogP contribution in [0.2, 0.25) is 0 Å². The molecule has 1 unspecified atom stereocenters. The maximum atomic E-state index is 10.3. The second-order valence-electron chi connectivity index (χ2n) is 4.16. The van der Waals surface area contributed by atoms with Crippen LogP contribution in [0.3, 0.4) is 0 Å². The lowest BCUT2D eigenvalue weighted by Gasteiger charge is -2.26. The van der Waals surface area contributed by atoms with Crippen LogP contribution in [0.5, 0.6) is 5.75 Å². The van der Waals surface area contributed by atoms with E-state index in [0.717, 1.165) is 15.8 Å². The molecule has 1 aromatic carbocycles. The number of ether oxygens (including phenoxy) is 2. The molecule has 0 bridgehead atoms. The van der Waals surface area contributed by atoms with Gasteiger partial charge in [0, 0.05) is 13.5 Å². The molecular formula is C13H19BrO3. The van der Waals surface area contributed by atoms with Crippen LogP contribution in [0.4, 0.5) is 0 Å². The molecule has 1 atom stereocenters. The Morgan fingerprint density at radius 1 is 1.35 bits per heavy atom. The standard InChI is InChI=1S/C13H19BrO3/c1-4-13(15,9-16-2)8-10-5-6-12(17-3)11(14)7-10/h5-7,15H,4,8-9H2,1-3H3. The molecule has 0 aliphatic heterocycles. The molecule has 0 saturated heterocycles. The highest BCUT2D eigenvalue weighted by Crippen LogP contribution is 2.27. The minimum absolute atomic E-state index is 0.340. The Morgan fingerprint density at radius 2 is 2.06 bits per heavy atom. The third-order valence-corrected chi connectivity index (χ3v) is 3.44. The average molecular weight is 303 g/mol. The molecule has 3 nitrogen and oxygen atoms in total. The molecule has 1 aromatic rings. The lowest BCUT2D eigenvalue weighted by atomic mass is 9.93. The molecule has 0 heterocycles. The molecule has 0 spiro atoms. The van der Waals surface area contributed by atoms with Gasteiger partial charge >= 0.3 is 0 Å². The Labute approximate surface area is 111 Å². The fourth-order valence-electron chi connectivity index (χ4n) is 1.75. The molecule has 0 aliphatic rings. The number of rotatable bonds is 6. The largest absolute Gasteiger partial charge is 0.496 e. The second-order valence-corrected chi connectivity index (χ2v) is 5.01. The predicted molar refractivity (Wildman–Crippen MR) is 71.5 cm³/mol. The van der Waals surface area contributed by atoms with E-state index >= 15 is 0 Å². The molecule has 0 amide bonds. The first-order valence-corrected chi connectivity index (χ1v) is 6.37. The van der Waals surface area contributed by atoms with E-state index in [0.29, 0.717) is 19.4 Å². The number of hydrogen-bond acceptors (Lipinski definition) is 3. The zero-order chi connectivity index (χ0) is 12.9. The summed E-state index contributed by atoms with van der Waals surface area (Å²) < 4.78 is 11.1. The van der Waals surface area contributed by atoms with Crippen LogP contribution in [0, 0.1) is 0 Å². The van der Waals surface area contributed by atoms with Crippen LogP contribution in [0.15, 0.2) is 22.7 Å².